The maximum absolute atomic E-state index is 11.9. The number of halogens is 1. The molecule has 0 aliphatic heterocycles. The van der Waals surface area contributed by atoms with Gasteiger partial charge in [-0.05, 0) is 12.1 Å². The summed E-state index contributed by atoms with van der Waals surface area (Å²) in [6.07, 6.45) is 2.42. The van der Waals surface area contributed by atoms with Crippen molar-refractivity contribution in [3.8, 4) is 11.5 Å². The molecule has 0 atom stereocenters. The Morgan fingerprint density at radius 1 is 1.29 bits per heavy atom. The first-order chi connectivity index (χ1) is 10.1. The summed E-state index contributed by atoms with van der Waals surface area (Å²) in [5, 5.41) is 3.14. The number of rotatable bonds is 6. The Morgan fingerprint density at radius 3 is 2.62 bits per heavy atom. The third kappa shape index (κ3) is 3.92. The zero-order valence-electron chi connectivity index (χ0n) is 11.8. The minimum absolute atomic E-state index is 0.152. The minimum atomic E-state index is -0.152. The number of methoxy groups -OCH3 is 2. The van der Waals surface area contributed by atoms with Gasteiger partial charge in [-0.2, -0.15) is 0 Å². The van der Waals surface area contributed by atoms with Crippen LogP contribution >= 0.6 is 11.6 Å². The highest BCUT2D eigenvalue weighted by Gasteiger charge is 2.12. The summed E-state index contributed by atoms with van der Waals surface area (Å²) in [6, 6.07) is 6.85. The van der Waals surface area contributed by atoms with Crippen molar-refractivity contribution >= 4 is 23.2 Å². The highest BCUT2D eigenvalue weighted by Crippen LogP contribution is 2.36. The number of nitrogens with one attached hydrogen (secondary N) is 1. The van der Waals surface area contributed by atoms with E-state index in [1.807, 2.05) is 6.07 Å². The molecule has 6 heteroatoms. The van der Waals surface area contributed by atoms with E-state index in [0.29, 0.717) is 35.1 Å². The lowest BCUT2D eigenvalue weighted by Crippen LogP contribution is -2.12. The Labute approximate surface area is 127 Å². The van der Waals surface area contributed by atoms with E-state index in [0.717, 1.165) is 5.76 Å². The second-order valence-electron chi connectivity index (χ2n) is 4.31. The Hall–Kier alpha value is -2.14. The molecule has 1 N–H and O–H groups in total. The molecule has 2 rings (SSSR count). The first-order valence-corrected chi connectivity index (χ1v) is 6.75. The summed E-state index contributed by atoms with van der Waals surface area (Å²) in [6.45, 7) is 0. The molecule has 0 aliphatic rings. The van der Waals surface area contributed by atoms with Crippen LogP contribution in [0.15, 0.2) is 34.9 Å². The summed E-state index contributed by atoms with van der Waals surface area (Å²) in [5.41, 5.74) is 0.485. The van der Waals surface area contributed by atoms with Crippen LogP contribution in [0.4, 0.5) is 5.69 Å². The fourth-order valence-electron chi connectivity index (χ4n) is 1.85. The Bertz CT molecular complexity index is 610. The maximum Gasteiger partial charge on any atom is 0.224 e. The van der Waals surface area contributed by atoms with Crippen LogP contribution in [0, 0.1) is 0 Å². The van der Waals surface area contributed by atoms with E-state index in [1.54, 1.807) is 24.5 Å². The Balaban J connectivity index is 2.03. The summed E-state index contributed by atoms with van der Waals surface area (Å²) < 4.78 is 15.5. The molecule has 5 nitrogen and oxygen atoms in total. The van der Waals surface area contributed by atoms with Gasteiger partial charge in [0.1, 0.15) is 5.76 Å². The lowest BCUT2D eigenvalue weighted by molar-refractivity contribution is -0.116. The van der Waals surface area contributed by atoms with E-state index in [9.17, 15) is 4.79 Å². The molecule has 112 valence electrons. The summed E-state index contributed by atoms with van der Waals surface area (Å²) in [7, 11) is 3.05. The molecule has 0 spiro atoms. The number of aryl methyl sites for hydroxylation is 1. The van der Waals surface area contributed by atoms with Gasteiger partial charge in [0.2, 0.25) is 5.91 Å². The van der Waals surface area contributed by atoms with Crippen LogP contribution < -0.4 is 14.8 Å². The number of anilines is 1. The molecule has 2 aromatic rings. The molecule has 21 heavy (non-hydrogen) atoms. The molecule has 1 heterocycles. The number of hydrogen-bond acceptors (Lipinski definition) is 4. The second kappa shape index (κ2) is 7.04. The quantitative estimate of drug-likeness (QED) is 0.887. The molecule has 1 aromatic carbocycles. The molecular weight excluding hydrogens is 294 g/mol. The number of carbonyl (C=O) groups is 1. The van der Waals surface area contributed by atoms with Crippen molar-refractivity contribution in [2.24, 2.45) is 0 Å². The normalized spacial score (nSPS) is 10.2. The minimum Gasteiger partial charge on any atom is -0.493 e. The summed E-state index contributed by atoms with van der Waals surface area (Å²) in [5.74, 6) is 1.63. The van der Waals surface area contributed by atoms with Crippen molar-refractivity contribution in [3.63, 3.8) is 0 Å². The number of ether oxygens (including phenoxy) is 2. The van der Waals surface area contributed by atoms with Crippen molar-refractivity contribution in [2.45, 2.75) is 12.8 Å². The zero-order chi connectivity index (χ0) is 15.2. The van der Waals surface area contributed by atoms with E-state index >= 15 is 0 Å². The Morgan fingerprint density at radius 2 is 2.00 bits per heavy atom. The van der Waals surface area contributed by atoms with Crippen LogP contribution in [0.25, 0.3) is 0 Å². The van der Waals surface area contributed by atoms with Crippen LogP contribution in [-0.4, -0.2) is 20.1 Å². The molecule has 0 bridgehead atoms. The fraction of sp³-hybridized carbons (Fsp3) is 0.267. The van der Waals surface area contributed by atoms with E-state index in [-0.39, 0.29) is 5.91 Å². The second-order valence-corrected chi connectivity index (χ2v) is 4.72. The summed E-state index contributed by atoms with van der Waals surface area (Å²) >= 11 is 6.11. The van der Waals surface area contributed by atoms with Gasteiger partial charge in [-0.25, -0.2) is 0 Å². The average Bonchev–Trinajstić information content (AvgIpc) is 3.00. The average molecular weight is 310 g/mol. The van der Waals surface area contributed by atoms with Crippen LogP contribution in [0.2, 0.25) is 5.02 Å². The predicted molar refractivity (Wildman–Crippen MR) is 80.2 cm³/mol. The van der Waals surface area contributed by atoms with E-state index in [1.165, 1.54) is 14.2 Å². The number of furan rings is 1. The zero-order valence-corrected chi connectivity index (χ0v) is 12.6. The van der Waals surface area contributed by atoms with Crippen molar-refractivity contribution in [3.05, 3.63) is 41.3 Å². The lowest BCUT2D eigenvalue weighted by atomic mass is 10.2. The molecule has 0 unspecified atom stereocenters. The topological polar surface area (TPSA) is 60.7 Å². The number of benzene rings is 1. The van der Waals surface area contributed by atoms with Crippen molar-refractivity contribution in [1.29, 1.82) is 0 Å². The van der Waals surface area contributed by atoms with Crippen molar-refractivity contribution in [1.82, 2.24) is 0 Å². The van der Waals surface area contributed by atoms with Crippen LogP contribution in [0.3, 0.4) is 0 Å². The highest BCUT2D eigenvalue weighted by atomic mass is 35.5. The molecule has 1 amide bonds. The number of hydrogen-bond donors (Lipinski definition) is 1. The molecule has 0 saturated heterocycles. The maximum atomic E-state index is 11.9. The molecule has 0 fully saturated rings. The first-order valence-electron chi connectivity index (χ1n) is 6.37. The van der Waals surface area contributed by atoms with Gasteiger partial charge in [0.15, 0.2) is 11.5 Å². The first kappa shape index (κ1) is 15.3. The Kier molecular flexibility index (Phi) is 5.11. The monoisotopic (exact) mass is 309 g/mol. The fourth-order valence-corrected chi connectivity index (χ4v) is 2.06. The van der Waals surface area contributed by atoms with Gasteiger partial charge in [0, 0.05) is 25.0 Å². The lowest BCUT2D eigenvalue weighted by Gasteiger charge is -2.12. The molecular formula is C15H16ClNO4. The van der Waals surface area contributed by atoms with E-state index < -0.39 is 0 Å². The van der Waals surface area contributed by atoms with Gasteiger partial charge in [0.25, 0.3) is 0 Å². The van der Waals surface area contributed by atoms with Crippen molar-refractivity contribution < 1.29 is 18.7 Å². The van der Waals surface area contributed by atoms with Gasteiger partial charge < -0.3 is 19.2 Å². The third-order valence-corrected chi connectivity index (χ3v) is 3.24. The van der Waals surface area contributed by atoms with E-state index in [2.05, 4.69) is 5.32 Å². The highest BCUT2D eigenvalue weighted by molar-refractivity contribution is 6.34. The summed E-state index contributed by atoms with van der Waals surface area (Å²) in [4.78, 5) is 11.9. The standard InChI is InChI=1S/C15H16ClNO4/c1-19-13-8-11(16)12(9-14(13)20-2)17-15(18)6-5-10-4-3-7-21-10/h3-4,7-9H,5-6H2,1-2H3,(H,17,18). The largest absolute Gasteiger partial charge is 0.493 e. The molecule has 1 aromatic heterocycles. The van der Waals surface area contributed by atoms with Crippen LogP contribution in [0.1, 0.15) is 12.2 Å². The molecule has 0 aliphatic carbocycles. The van der Waals surface area contributed by atoms with Gasteiger partial charge in [-0.3, -0.25) is 4.79 Å². The van der Waals surface area contributed by atoms with Gasteiger partial charge in [0.05, 0.1) is 31.2 Å². The number of amides is 1. The number of carbonyl (C=O) groups excluding carboxylic acids is 1. The predicted octanol–water partition coefficient (Wildman–Crippen LogP) is 3.52. The van der Waals surface area contributed by atoms with Crippen LogP contribution in [-0.2, 0) is 11.2 Å². The van der Waals surface area contributed by atoms with Gasteiger partial charge in [-0.15, -0.1) is 0 Å². The van der Waals surface area contributed by atoms with Crippen LogP contribution in [0.5, 0.6) is 11.5 Å². The molecule has 0 radical (unpaired) electrons. The van der Waals surface area contributed by atoms with E-state index in [4.69, 9.17) is 25.5 Å². The smallest absolute Gasteiger partial charge is 0.224 e. The van der Waals surface area contributed by atoms with Gasteiger partial charge in [-0.1, -0.05) is 11.6 Å². The van der Waals surface area contributed by atoms with Gasteiger partial charge >= 0.3 is 0 Å². The third-order valence-electron chi connectivity index (χ3n) is 2.93. The molecule has 0 saturated carbocycles. The van der Waals surface area contributed by atoms with Crippen molar-refractivity contribution in [2.75, 3.05) is 19.5 Å². The SMILES string of the molecule is COc1cc(Cl)c(NC(=O)CCc2ccco2)cc1OC.